The minimum absolute atomic E-state index is 0.126. The second kappa shape index (κ2) is 5.76. The molecule has 0 spiro atoms. The molecule has 0 bridgehead atoms. The monoisotopic (exact) mass is 269 g/mol. The van der Waals surface area contributed by atoms with Crippen molar-refractivity contribution >= 4 is 0 Å². The van der Waals surface area contributed by atoms with Gasteiger partial charge in [0.1, 0.15) is 5.82 Å². The molecule has 0 radical (unpaired) electrons. The van der Waals surface area contributed by atoms with Gasteiger partial charge in [-0.2, -0.15) is 0 Å². The average molecular weight is 269 g/mol. The quantitative estimate of drug-likeness (QED) is 0.878. The van der Waals surface area contributed by atoms with E-state index >= 15 is 0 Å². The van der Waals surface area contributed by atoms with Crippen LogP contribution in [0, 0.1) is 12.7 Å². The van der Waals surface area contributed by atoms with Gasteiger partial charge in [-0.15, -0.1) is 0 Å². The molecule has 1 saturated carbocycles. The van der Waals surface area contributed by atoms with Crippen LogP contribution in [-0.2, 0) is 6.54 Å². The highest BCUT2D eigenvalue weighted by molar-refractivity contribution is 5.26. The van der Waals surface area contributed by atoms with E-state index in [2.05, 4.69) is 36.5 Å². The Morgan fingerprint density at radius 2 is 1.90 bits per heavy atom. The summed E-state index contributed by atoms with van der Waals surface area (Å²) >= 11 is 0. The first-order valence-corrected chi connectivity index (χ1v) is 7.26. The molecule has 1 fully saturated rings. The smallest absolute Gasteiger partial charge is 0.123 e. The predicted octanol–water partition coefficient (Wildman–Crippen LogP) is 4.17. The third-order valence-electron chi connectivity index (χ3n) is 4.30. The molecule has 2 aromatic carbocycles. The number of rotatable bonds is 4. The van der Waals surface area contributed by atoms with Gasteiger partial charge in [0, 0.05) is 12.6 Å². The maximum Gasteiger partial charge on any atom is 0.123 e. The number of halogens is 1. The first-order valence-electron chi connectivity index (χ1n) is 7.26. The summed E-state index contributed by atoms with van der Waals surface area (Å²) in [4.78, 5) is 0. The van der Waals surface area contributed by atoms with Crippen molar-refractivity contribution in [2.45, 2.75) is 38.3 Å². The molecule has 104 valence electrons. The lowest BCUT2D eigenvalue weighted by atomic mass is 9.76. The van der Waals surface area contributed by atoms with Gasteiger partial charge in [-0.3, -0.25) is 0 Å². The second-order valence-corrected chi connectivity index (χ2v) is 5.73. The fraction of sp³-hybridized carbons (Fsp3) is 0.333. The highest BCUT2D eigenvalue weighted by Crippen LogP contribution is 2.37. The average Bonchev–Trinajstić information content (AvgIpc) is 2.39. The molecule has 0 aliphatic heterocycles. The van der Waals surface area contributed by atoms with Crippen LogP contribution >= 0.6 is 0 Å². The summed E-state index contributed by atoms with van der Waals surface area (Å²) in [6.07, 6.45) is 2.21. The molecule has 0 saturated heterocycles. The van der Waals surface area contributed by atoms with Crippen LogP contribution in [0.4, 0.5) is 4.39 Å². The Morgan fingerprint density at radius 1 is 1.10 bits per heavy atom. The van der Waals surface area contributed by atoms with Crippen LogP contribution in [0.1, 0.15) is 35.4 Å². The van der Waals surface area contributed by atoms with E-state index in [4.69, 9.17) is 0 Å². The molecule has 0 aromatic heterocycles. The van der Waals surface area contributed by atoms with Crippen LogP contribution in [0.15, 0.2) is 48.5 Å². The summed E-state index contributed by atoms with van der Waals surface area (Å²) in [6, 6.07) is 16.0. The zero-order chi connectivity index (χ0) is 13.9. The molecule has 1 nitrogen and oxygen atoms in total. The highest BCUT2D eigenvalue weighted by Gasteiger charge is 2.29. The first-order chi connectivity index (χ1) is 9.72. The predicted molar refractivity (Wildman–Crippen MR) is 80.2 cm³/mol. The van der Waals surface area contributed by atoms with E-state index in [0.717, 1.165) is 24.9 Å². The van der Waals surface area contributed by atoms with Crippen LogP contribution in [-0.4, -0.2) is 6.04 Å². The van der Waals surface area contributed by atoms with Crippen molar-refractivity contribution in [1.29, 1.82) is 0 Å². The zero-order valence-corrected chi connectivity index (χ0v) is 11.8. The van der Waals surface area contributed by atoms with E-state index in [-0.39, 0.29) is 5.82 Å². The largest absolute Gasteiger partial charge is 0.310 e. The molecular formula is C18H20FN. The topological polar surface area (TPSA) is 12.0 Å². The van der Waals surface area contributed by atoms with E-state index in [1.54, 1.807) is 12.1 Å². The molecule has 3 rings (SSSR count). The summed E-state index contributed by atoms with van der Waals surface area (Å²) in [5.41, 5.74) is 3.83. The van der Waals surface area contributed by atoms with Crippen LogP contribution in [0.3, 0.4) is 0 Å². The molecule has 0 amide bonds. The Kier molecular flexibility index (Phi) is 3.83. The number of benzene rings is 2. The fourth-order valence-corrected chi connectivity index (χ4v) is 2.88. The summed E-state index contributed by atoms with van der Waals surface area (Å²) < 4.78 is 13.2. The molecule has 0 atom stereocenters. The van der Waals surface area contributed by atoms with Crippen LogP contribution in [0.25, 0.3) is 0 Å². The fourth-order valence-electron chi connectivity index (χ4n) is 2.88. The minimum Gasteiger partial charge on any atom is -0.310 e. The van der Waals surface area contributed by atoms with Gasteiger partial charge in [-0.1, -0.05) is 36.4 Å². The lowest BCUT2D eigenvalue weighted by molar-refractivity contribution is 0.289. The zero-order valence-electron chi connectivity index (χ0n) is 11.8. The molecule has 2 heteroatoms. The lowest BCUT2D eigenvalue weighted by Gasteiger charge is -2.36. The number of hydrogen-bond donors (Lipinski definition) is 1. The molecule has 1 aliphatic carbocycles. The molecule has 1 N–H and O–H groups in total. The molecule has 0 heterocycles. The lowest BCUT2D eigenvalue weighted by Crippen LogP contribution is -2.39. The number of nitrogens with one attached hydrogen (secondary N) is 1. The Bertz CT molecular complexity index is 587. The van der Waals surface area contributed by atoms with Gasteiger partial charge in [-0.25, -0.2) is 4.39 Å². The van der Waals surface area contributed by atoms with E-state index in [9.17, 15) is 4.39 Å². The van der Waals surface area contributed by atoms with Gasteiger partial charge in [0.05, 0.1) is 0 Å². The van der Waals surface area contributed by atoms with E-state index in [0.29, 0.717) is 12.0 Å². The highest BCUT2D eigenvalue weighted by atomic mass is 19.1. The molecule has 2 aromatic rings. The van der Waals surface area contributed by atoms with Crippen molar-refractivity contribution in [3.05, 3.63) is 71.0 Å². The normalized spacial score (nSPS) is 21.5. The van der Waals surface area contributed by atoms with Crippen molar-refractivity contribution in [2.24, 2.45) is 0 Å². The van der Waals surface area contributed by atoms with Gasteiger partial charge in [0.15, 0.2) is 0 Å². The van der Waals surface area contributed by atoms with E-state index in [1.807, 2.05) is 6.07 Å². The van der Waals surface area contributed by atoms with Crippen LogP contribution < -0.4 is 5.32 Å². The standard InChI is InChI=1S/C18H20FN/c1-13-5-2-3-6-15(13)12-20-18-10-16(11-18)14-7-4-8-17(19)9-14/h2-9,16,18,20H,10-12H2,1H3. The van der Waals surface area contributed by atoms with Gasteiger partial charge >= 0.3 is 0 Å². The van der Waals surface area contributed by atoms with Gasteiger partial charge in [-0.05, 0) is 54.5 Å². The van der Waals surface area contributed by atoms with Gasteiger partial charge in [0.25, 0.3) is 0 Å². The van der Waals surface area contributed by atoms with Crippen molar-refractivity contribution in [3.63, 3.8) is 0 Å². The third-order valence-corrected chi connectivity index (χ3v) is 4.30. The Labute approximate surface area is 119 Å². The Morgan fingerprint density at radius 3 is 2.65 bits per heavy atom. The number of aryl methyl sites for hydroxylation is 1. The summed E-state index contributed by atoms with van der Waals surface area (Å²) in [5, 5.41) is 3.60. The van der Waals surface area contributed by atoms with Gasteiger partial charge in [0.2, 0.25) is 0 Å². The number of hydrogen-bond acceptors (Lipinski definition) is 1. The molecular weight excluding hydrogens is 249 g/mol. The summed E-state index contributed by atoms with van der Waals surface area (Å²) in [5.74, 6) is 0.388. The minimum atomic E-state index is -0.126. The van der Waals surface area contributed by atoms with E-state index in [1.165, 1.54) is 17.2 Å². The Hall–Kier alpha value is -1.67. The van der Waals surface area contributed by atoms with Gasteiger partial charge < -0.3 is 5.32 Å². The van der Waals surface area contributed by atoms with Crippen molar-refractivity contribution in [1.82, 2.24) is 5.32 Å². The summed E-state index contributed by atoms with van der Waals surface area (Å²) in [7, 11) is 0. The summed E-state index contributed by atoms with van der Waals surface area (Å²) in [6.45, 7) is 3.07. The van der Waals surface area contributed by atoms with Crippen molar-refractivity contribution in [3.8, 4) is 0 Å². The molecule has 0 unspecified atom stereocenters. The maximum atomic E-state index is 13.2. The van der Waals surface area contributed by atoms with E-state index < -0.39 is 0 Å². The molecule has 20 heavy (non-hydrogen) atoms. The van der Waals surface area contributed by atoms with Crippen LogP contribution in [0.2, 0.25) is 0 Å². The third kappa shape index (κ3) is 2.91. The maximum absolute atomic E-state index is 13.2. The van der Waals surface area contributed by atoms with Crippen LogP contribution in [0.5, 0.6) is 0 Å². The SMILES string of the molecule is Cc1ccccc1CNC1CC(c2cccc(F)c2)C1. The van der Waals surface area contributed by atoms with Crippen molar-refractivity contribution in [2.75, 3.05) is 0 Å². The van der Waals surface area contributed by atoms with Crippen molar-refractivity contribution < 1.29 is 4.39 Å². The first kappa shape index (κ1) is 13.3. The Balaban J connectivity index is 1.50. The molecule has 1 aliphatic rings. The second-order valence-electron chi connectivity index (χ2n) is 5.73.